The van der Waals surface area contributed by atoms with Crippen molar-refractivity contribution in [1.29, 1.82) is 0 Å². The summed E-state index contributed by atoms with van der Waals surface area (Å²) in [5.41, 5.74) is 0.780. The van der Waals surface area contributed by atoms with E-state index in [0.717, 1.165) is 10.2 Å². The first-order valence-electron chi connectivity index (χ1n) is 7.09. The van der Waals surface area contributed by atoms with Crippen molar-refractivity contribution in [3.63, 3.8) is 0 Å². The molecule has 23 heavy (non-hydrogen) atoms. The molecule has 0 aromatic heterocycles. The van der Waals surface area contributed by atoms with Gasteiger partial charge in [-0.2, -0.15) is 0 Å². The van der Waals surface area contributed by atoms with Crippen LogP contribution in [0.1, 0.15) is 6.42 Å². The highest BCUT2D eigenvalue weighted by Crippen LogP contribution is 2.22. The fourth-order valence-electron chi connectivity index (χ4n) is 2.55. The summed E-state index contributed by atoms with van der Waals surface area (Å²) in [4.78, 5) is 13.9. The Bertz CT molecular complexity index is 807. The number of sulfonamides is 1. The molecule has 1 N–H and O–H groups in total. The summed E-state index contributed by atoms with van der Waals surface area (Å²) in [5.74, 6) is -0.0836. The number of carbonyl (C=O) groups excluding carboxylic acids is 1. The zero-order chi connectivity index (χ0) is 16.4. The van der Waals surface area contributed by atoms with Crippen molar-refractivity contribution in [2.75, 3.05) is 11.4 Å². The molecule has 1 fully saturated rings. The predicted molar refractivity (Wildman–Crippen MR) is 91.7 cm³/mol. The number of para-hydroxylation sites is 1. The topological polar surface area (TPSA) is 66.5 Å². The predicted octanol–water partition coefficient (Wildman–Crippen LogP) is 2.53. The Morgan fingerprint density at radius 3 is 2.35 bits per heavy atom. The Balaban J connectivity index is 1.74. The number of anilines is 1. The zero-order valence-corrected chi connectivity index (χ0v) is 14.5. The van der Waals surface area contributed by atoms with Crippen molar-refractivity contribution in [3.8, 4) is 0 Å². The van der Waals surface area contributed by atoms with E-state index in [4.69, 9.17) is 0 Å². The molecule has 1 aliphatic rings. The van der Waals surface area contributed by atoms with Gasteiger partial charge in [-0.25, -0.2) is 13.1 Å². The number of carbonyl (C=O) groups is 1. The highest BCUT2D eigenvalue weighted by atomic mass is 79.9. The number of hydrogen-bond donors (Lipinski definition) is 1. The molecule has 0 saturated carbocycles. The molecule has 120 valence electrons. The molecule has 5 nitrogen and oxygen atoms in total. The summed E-state index contributed by atoms with van der Waals surface area (Å²) < 4.78 is 28.2. The van der Waals surface area contributed by atoms with Crippen LogP contribution in [0.4, 0.5) is 5.69 Å². The normalized spacial score (nSPS) is 18.4. The van der Waals surface area contributed by atoms with E-state index >= 15 is 0 Å². The second kappa shape index (κ2) is 6.43. The molecule has 1 amide bonds. The lowest BCUT2D eigenvalue weighted by Gasteiger charge is -2.17. The molecule has 2 aromatic rings. The highest BCUT2D eigenvalue weighted by molar-refractivity contribution is 9.10. The minimum Gasteiger partial charge on any atom is -0.311 e. The van der Waals surface area contributed by atoms with Crippen LogP contribution in [0.25, 0.3) is 0 Å². The van der Waals surface area contributed by atoms with Gasteiger partial charge in [0.15, 0.2) is 0 Å². The summed E-state index contributed by atoms with van der Waals surface area (Å²) >= 11 is 3.28. The van der Waals surface area contributed by atoms with Gasteiger partial charge < -0.3 is 4.90 Å². The van der Waals surface area contributed by atoms with Gasteiger partial charge >= 0.3 is 0 Å². The van der Waals surface area contributed by atoms with Crippen molar-refractivity contribution in [2.24, 2.45) is 0 Å². The fraction of sp³-hybridized carbons (Fsp3) is 0.188. The van der Waals surface area contributed by atoms with Gasteiger partial charge in [-0.15, -0.1) is 0 Å². The molecule has 0 aliphatic carbocycles. The van der Waals surface area contributed by atoms with Crippen LogP contribution in [0.3, 0.4) is 0 Å². The smallest absolute Gasteiger partial charge is 0.240 e. The van der Waals surface area contributed by atoms with E-state index in [2.05, 4.69) is 20.7 Å². The summed E-state index contributed by atoms with van der Waals surface area (Å²) in [6.07, 6.45) is 0.157. The molecular formula is C16H15BrN2O3S. The maximum Gasteiger partial charge on any atom is 0.240 e. The van der Waals surface area contributed by atoms with Crippen molar-refractivity contribution < 1.29 is 13.2 Å². The largest absolute Gasteiger partial charge is 0.311 e. The van der Waals surface area contributed by atoms with Crippen LogP contribution < -0.4 is 9.62 Å². The van der Waals surface area contributed by atoms with Gasteiger partial charge in [0, 0.05) is 29.2 Å². The van der Waals surface area contributed by atoms with E-state index in [1.807, 2.05) is 30.3 Å². The lowest BCUT2D eigenvalue weighted by Crippen LogP contribution is -2.37. The van der Waals surface area contributed by atoms with Gasteiger partial charge in [-0.1, -0.05) is 34.1 Å². The van der Waals surface area contributed by atoms with Gasteiger partial charge in [0.1, 0.15) is 0 Å². The molecule has 0 spiro atoms. The molecule has 0 bridgehead atoms. The van der Waals surface area contributed by atoms with Crippen LogP contribution in [0.2, 0.25) is 0 Å². The average molecular weight is 395 g/mol. The van der Waals surface area contributed by atoms with Crippen molar-refractivity contribution >= 4 is 37.5 Å². The second-order valence-electron chi connectivity index (χ2n) is 5.32. The van der Waals surface area contributed by atoms with Gasteiger partial charge in [0.05, 0.1) is 4.90 Å². The van der Waals surface area contributed by atoms with Gasteiger partial charge in [-0.05, 0) is 36.4 Å². The maximum atomic E-state index is 12.4. The Labute approximate surface area is 143 Å². The first-order valence-corrected chi connectivity index (χ1v) is 9.37. The third-order valence-corrected chi connectivity index (χ3v) is 5.70. The number of nitrogens with zero attached hydrogens (tertiary/aromatic N) is 1. The molecule has 1 atom stereocenters. The number of nitrogens with one attached hydrogen (secondary N) is 1. The summed E-state index contributed by atoms with van der Waals surface area (Å²) in [5, 5.41) is 0. The van der Waals surface area contributed by atoms with E-state index in [1.54, 1.807) is 17.0 Å². The lowest BCUT2D eigenvalue weighted by molar-refractivity contribution is -0.117. The van der Waals surface area contributed by atoms with Crippen molar-refractivity contribution in [1.82, 2.24) is 4.72 Å². The number of rotatable bonds is 4. The van der Waals surface area contributed by atoms with E-state index in [-0.39, 0.29) is 17.2 Å². The van der Waals surface area contributed by atoms with Crippen LogP contribution in [0.5, 0.6) is 0 Å². The zero-order valence-electron chi connectivity index (χ0n) is 12.1. The van der Waals surface area contributed by atoms with Gasteiger partial charge in [-0.3, -0.25) is 4.79 Å². The molecule has 1 aliphatic heterocycles. The molecule has 1 heterocycles. The van der Waals surface area contributed by atoms with E-state index < -0.39 is 16.1 Å². The molecule has 1 saturated heterocycles. The Hall–Kier alpha value is -1.70. The SMILES string of the molecule is O=C1C[C@@H](NS(=O)(=O)c2ccc(Br)cc2)CN1c1ccccc1. The maximum absolute atomic E-state index is 12.4. The third kappa shape index (κ3) is 3.63. The van der Waals surface area contributed by atoms with Crippen LogP contribution in [-0.4, -0.2) is 26.9 Å². The summed E-state index contributed by atoms with van der Waals surface area (Å²) in [6.45, 7) is 0.332. The summed E-state index contributed by atoms with van der Waals surface area (Å²) in [6, 6.07) is 15.2. The molecular weight excluding hydrogens is 380 g/mol. The van der Waals surface area contributed by atoms with Crippen molar-refractivity contribution in [2.45, 2.75) is 17.4 Å². The first-order chi connectivity index (χ1) is 11.0. The lowest BCUT2D eigenvalue weighted by atomic mass is 10.3. The minimum atomic E-state index is -3.64. The molecule has 0 radical (unpaired) electrons. The van der Waals surface area contributed by atoms with Crippen LogP contribution in [0.15, 0.2) is 64.0 Å². The Morgan fingerprint density at radius 1 is 1.04 bits per heavy atom. The van der Waals surface area contributed by atoms with Crippen molar-refractivity contribution in [3.05, 3.63) is 59.1 Å². The molecule has 3 rings (SSSR count). The number of amides is 1. The Morgan fingerprint density at radius 2 is 1.70 bits per heavy atom. The summed E-state index contributed by atoms with van der Waals surface area (Å²) in [7, 11) is -3.64. The van der Waals surface area contributed by atoms with Crippen LogP contribution in [0, 0.1) is 0 Å². The quantitative estimate of drug-likeness (QED) is 0.866. The third-order valence-electron chi connectivity index (χ3n) is 3.64. The Kier molecular flexibility index (Phi) is 4.52. The van der Waals surface area contributed by atoms with Gasteiger partial charge in [0.2, 0.25) is 15.9 Å². The molecule has 2 aromatic carbocycles. The van der Waals surface area contributed by atoms with Crippen LogP contribution >= 0.6 is 15.9 Å². The molecule has 7 heteroatoms. The van der Waals surface area contributed by atoms with E-state index in [1.165, 1.54) is 12.1 Å². The molecule has 0 unspecified atom stereocenters. The van der Waals surface area contributed by atoms with E-state index in [0.29, 0.717) is 6.54 Å². The van der Waals surface area contributed by atoms with Gasteiger partial charge in [0.25, 0.3) is 0 Å². The number of hydrogen-bond acceptors (Lipinski definition) is 3. The average Bonchev–Trinajstić information content (AvgIpc) is 2.88. The second-order valence-corrected chi connectivity index (χ2v) is 7.95. The monoisotopic (exact) mass is 394 g/mol. The van der Waals surface area contributed by atoms with E-state index in [9.17, 15) is 13.2 Å². The number of halogens is 1. The van der Waals surface area contributed by atoms with Crippen LogP contribution in [-0.2, 0) is 14.8 Å². The highest BCUT2D eigenvalue weighted by Gasteiger charge is 2.33. The standard InChI is InChI=1S/C16H15BrN2O3S/c17-12-6-8-15(9-7-12)23(21,22)18-13-10-16(20)19(11-13)14-4-2-1-3-5-14/h1-9,13,18H,10-11H2/t13-/m1/s1. The number of benzene rings is 2. The fourth-order valence-corrected chi connectivity index (χ4v) is 4.04. The first kappa shape index (κ1) is 16.2. The minimum absolute atomic E-state index is 0.0836.